The molecular weight excluding hydrogens is 274 g/mol. The number of carboxylic acid groups (broad SMARTS) is 2. The molecule has 21 heavy (non-hydrogen) atoms. The highest BCUT2D eigenvalue weighted by atomic mass is 16.4. The molecule has 0 aliphatic heterocycles. The summed E-state index contributed by atoms with van der Waals surface area (Å²) in [6.07, 6.45) is 4.69. The molecule has 106 valence electrons. The number of nitrogens with zero attached hydrogens (tertiary/aromatic N) is 1. The van der Waals surface area contributed by atoms with Gasteiger partial charge in [-0.2, -0.15) is 0 Å². The first-order chi connectivity index (χ1) is 10.1. The lowest BCUT2D eigenvalue weighted by Crippen LogP contribution is -1.91. The molecule has 0 aliphatic rings. The summed E-state index contributed by atoms with van der Waals surface area (Å²) >= 11 is 0. The van der Waals surface area contributed by atoms with Gasteiger partial charge in [0, 0.05) is 35.3 Å². The number of hydrogen-bond acceptors (Lipinski definition) is 4. The second-order valence-corrected chi connectivity index (χ2v) is 3.98. The topological polar surface area (TPSA) is 101 Å². The van der Waals surface area contributed by atoms with Gasteiger partial charge in [-0.1, -0.05) is 18.2 Å². The number of hydrogen-bond donors (Lipinski definition) is 2. The van der Waals surface area contributed by atoms with E-state index in [1.54, 1.807) is 6.20 Å². The molecule has 6 heteroatoms. The van der Waals surface area contributed by atoms with E-state index in [-0.39, 0.29) is 0 Å². The van der Waals surface area contributed by atoms with Gasteiger partial charge in [-0.05, 0) is 12.1 Å². The number of carbonyl (C=O) groups is 2. The van der Waals surface area contributed by atoms with Crippen LogP contribution in [0, 0.1) is 0 Å². The lowest BCUT2D eigenvalue weighted by atomic mass is 10.2. The fraction of sp³-hybridized carbons (Fsp3) is 0. The van der Waals surface area contributed by atoms with Crippen molar-refractivity contribution in [3.05, 3.63) is 54.9 Å². The number of para-hydroxylation sites is 1. The number of fused-ring (bicyclic) bond motifs is 3. The standard InChI is InChI=1S/C11H7NO.C4H4O4/c1-2-4-10-8(3-1)9-7-12-6-5-11(9)13-10;5-3(6)1-2-4(7)8/h1-7H;1-2H,(H,5,6)(H,7,8). The van der Waals surface area contributed by atoms with Crippen molar-refractivity contribution in [2.45, 2.75) is 0 Å². The maximum Gasteiger partial charge on any atom is 0.328 e. The highest BCUT2D eigenvalue weighted by Gasteiger charge is 2.03. The fourth-order valence-corrected chi connectivity index (χ4v) is 1.71. The van der Waals surface area contributed by atoms with Crippen LogP contribution in [0.25, 0.3) is 21.9 Å². The summed E-state index contributed by atoms with van der Waals surface area (Å²) in [6, 6.07) is 9.87. The van der Waals surface area contributed by atoms with Gasteiger partial charge in [0.05, 0.1) is 0 Å². The van der Waals surface area contributed by atoms with Crippen molar-refractivity contribution in [3.8, 4) is 0 Å². The number of rotatable bonds is 2. The maximum absolute atomic E-state index is 9.55. The van der Waals surface area contributed by atoms with Gasteiger partial charge in [0.1, 0.15) is 11.2 Å². The minimum absolute atomic E-state index is 0.558. The first kappa shape index (κ1) is 14.3. The van der Waals surface area contributed by atoms with E-state index >= 15 is 0 Å². The van der Waals surface area contributed by atoms with Crippen LogP contribution in [0.4, 0.5) is 0 Å². The smallest absolute Gasteiger partial charge is 0.328 e. The molecule has 3 rings (SSSR count). The lowest BCUT2D eigenvalue weighted by Gasteiger charge is -1.84. The molecule has 0 atom stereocenters. The van der Waals surface area contributed by atoms with Crippen molar-refractivity contribution in [3.63, 3.8) is 0 Å². The predicted octanol–water partition coefficient (Wildman–Crippen LogP) is 2.69. The van der Waals surface area contributed by atoms with Crippen LogP contribution in [0.2, 0.25) is 0 Å². The fourth-order valence-electron chi connectivity index (χ4n) is 1.71. The third-order valence-electron chi connectivity index (χ3n) is 2.55. The zero-order valence-corrected chi connectivity index (χ0v) is 10.8. The van der Waals surface area contributed by atoms with Crippen molar-refractivity contribution in [1.29, 1.82) is 0 Å². The van der Waals surface area contributed by atoms with Crippen LogP contribution in [0.5, 0.6) is 0 Å². The largest absolute Gasteiger partial charge is 0.478 e. The Hall–Kier alpha value is -3.15. The minimum atomic E-state index is -1.26. The molecule has 0 spiro atoms. The predicted molar refractivity (Wildman–Crippen MR) is 75.9 cm³/mol. The summed E-state index contributed by atoms with van der Waals surface area (Å²) < 4.78 is 5.61. The van der Waals surface area contributed by atoms with E-state index in [4.69, 9.17) is 14.6 Å². The average Bonchev–Trinajstić information content (AvgIpc) is 2.84. The zero-order chi connectivity index (χ0) is 15.2. The van der Waals surface area contributed by atoms with E-state index in [0.29, 0.717) is 12.2 Å². The Morgan fingerprint density at radius 2 is 1.57 bits per heavy atom. The normalized spacial score (nSPS) is 10.5. The number of pyridine rings is 1. The van der Waals surface area contributed by atoms with Crippen LogP contribution in [0.15, 0.2) is 59.3 Å². The Balaban J connectivity index is 0.000000177. The van der Waals surface area contributed by atoms with Crippen molar-refractivity contribution in [2.24, 2.45) is 0 Å². The molecule has 2 heterocycles. The van der Waals surface area contributed by atoms with Gasteiger partial charge < -0.3 is 14.6 Å². The summed E-state index contributed by atoms with van der Waals surface area (Å²) in [7, 11) is 0. The first-order valence-corrected chi connectivity index (χ1v) is 5.93. The van der Waals surface area contributed by atoms with Crippen molar-refractivity contribution < 1.29 is 24.2 Å². The number of aromatic nitrogens is 1. The summed E-state index contributed by atoms with van der Waals surface area (Å²) in [5.74, 6) is -2.51. The van der Waals surface area contributed by atoms with Crippen LogP contribution in [0.1, 0.15) is 0 Å². The summed E-state index contributed by atoms with van der Waals surface area (Å²) in [5.41, 5.74) is 1.82. The van der Waals surface area contributed by atoms with Gasteiger partial charge in [-0.15, -0.1) is 0 Å². The van der Waals surface area contributed by atoms with Crippen molar-refractivity contribution >= 4 is 33.9 Å². The Bertz CT molecular complexity index is 753. The Morgan fingerprint density at radius 3 is 2.24 bits per heavy atom. The zero-order valence-electron chi connectivity index (χ0n) is 10.8. The molecule has 0 saturated carbocycles. The molecule has 0 radical (unpaired) electrons. The van der Waals surface area contributed by atoms with E-state index in [2.05, 4.69) is 4.98 Å². The molecule has 0 aliphatic carbocycles. The second-order valence-electron chi connectivity index (χ2n) is 3.98. The number of benzene rings is 1. The van der Waals surface area contributed by atoms with E-state index < -0.39 is 11.9 Å². The quantitative estimate of drug-likeness (QED) is 0.702. The minimum Gasteiger partial charge on any atom is -0.478 e. The van der Waals surface area contributed by atoms with E-state index in [1.807, 2.05) is 36.5 Å². The first-order valence-electron chi connectivity index (χ1n) is 5.93. The summed E-state index contributed by atoms with van der Waals surface area (Å²) in [5, 5.41) is 17.8. The molecule has 0 bridgehead atoms. The molecule has 1 aromatic carbocycles. The van der Waals surface area contributed by atoms with Gasteiger partial charge in [-0.3, -0.25) is 4.98 Å². The van der Waals surface area contributed by atoms with Gasteiger partial charge in [0.25, 0.3) is 0 Å². The Kier molecular flexibility index (Phi) is 4.30. The van der Waals surface area contributed by atoms with Gasteiger partial charge in [-0.25, -0.2) is 9.59 Å². The molecule has 0 amide bonds. The molecule has 2 aromatic heterocycles. The van der Waals surface area contributed by atoms with Gasteiger partial charge >= 0.3 is 11.9 Å². The van der Waals surface area contributed by atoms with E-state index in [0.717, 1.165) is 21.9 Å². The van der Waals surface area contributed by atoms with Crippen molar-refractivity contribution in [1.82, 2.24) is 4.98 Å². The van der Waals surface area contributed by atoms with Crippen LogP contribution in [-0.4, -0.2) is 27.1 Å². The summed E-state index contributed by atoms with van der Waals surface area (Å²) in [4.78, 5) is 23.2. The summed E-state index contributed by atoms with van der Waals surface area (Å²) in [6.45, 7) is 0. The van der Waals surface area contributed by atoms with E-state index in [9.17, 15) is 9.59 Å². The van der Waals surface area contributed by atoms with E-state index in [1.165, 1.54) is 0 Å². The molecule has 3 aromatic rings. The highest BCUT2D eigenvalue weighted by Crippen LogP contribution is 2.26. The Morgan fingerprint density at radius 1 is 0.952 bits per heavy atom. The van der Waals surface area contributed by atoms with Crippen LogP contribution >= 0.6 is 0 Å². The third kappa shape index (κ3) is 3.66. The molecule has 2 N–H and O–H groups in total. The number of furan rings is 1. The van der Waals surface area contributed by atoms with Crippen LogP contribution in [-0.2, 0) is 9.59 Å². The van der Waals surface area contributed by atoms with Crippen molar-refractivity contribution in [2.75, 3.05) is 0 Å². The number of carboxylic acids is 2. The molecule has 0 unspecified atom stereocenters. The molecule has 6 nitrogen and oxygen atoms in total. The van der Waals surface area contributed by atoms with Gasteiger partial charge in [0.2, 0.25) is 0 Å². The number of aliphatic carboxylic acids is 2. The Labute approximate surface area is 118 Å². The monoisotopic (exact) mass is 285 g/mol. The lowest BCUT2D eigenvalue weighted by molar-refractivity contribution is -0.134. The molecule has 0 saturated heterocycles. The van der Waals surface area contributed by atoms with Gasteiger partial charge in [0.15, 0.2) is 0 Å². The second kappa shape index (κ2) is 6.33. The van der Waals surface area contributed by atoms with Crippen LogP contribution < -0.4 is 0 Å². The van der Waals surface area contributed by atoms with Crippen LogP contribution in [0.3, 0.4) is 0 Å². The third-order valence-corrected chi connectivity index (χ3v) is 2.55. The highest BCUT2D eigenvalue weighted by molar-refractivity contribution is 6.04. The SMILES string of the molecule is O=C(O)C=CC(=O)O.c1ccc2c(c1)oc1ccncc12. The molecule has 0 fully saturated rings. The molecular formula is C15H11NO5. The maximum atomic E-state index is 9.55. The average molecular weight is 285 g/mol.